The summed E-state index contributed by atoms with van der Waals surface area (Å²) < 4.78 is 15.5. The van der Waals surface area contributed by atoms with Crippen LogP contribution in [0.15, 0.2) is 30.5 Å². The summed E-state index contributed by atoms with van der Waals surface area (Å²) in [4.78, 5) is 13.4. The van der Waals surface area contributed by atoms with Crippen LogP contribution in [0.3, 0.4) is 0 Å². The fourth-order valence-electron chi connectivity index (χ4n) is 3.03. The van der Waals surface area contributed by atoms with Crippen LogP contribution in [-0.4, -0.2) is 34.7 Å². The summed E-state index contributed by atoms with van der Waals surface area (Å²) in [5.74, 6) is -0.172. The highest BCUT2D eigenvalue weighted by Gasteiger charge is 2.24. The Hall–Kier alpha value is -2.21. The molecular weight excluding hydrogens is 307 g/mol. The number of halogens is 1. The molecule has 2 aromatic rings. The first-order valence-corrected chi connectivity index (χ1v) is 8.28. The number of carbonyl (C=O) groups excluding carboxylic acids is 1. The maximum atomic E-state index is 13.8. The normalized spacial score (nSPS) is 16.7. The topological polar surface area (TPSA) is 50.2 Å². The molecule has 0 spiro atoms. The molecule has 1 aromatic heterocycles. The van der Waals surface area contributed by atoms with E-state index in [-0.39, 0.29) is 24.3 Å². The molecule has 0 saturated carbocycles. The second-order valence-electron chi connectivity index (χ2n) is 6.44. The third kappa shape index (κ3) is 3.64. The van der Waals surface area contributed by atoms with Gasteiger partial charge in [-0.25, -0.2) is 4.39 Å². The molecule has 128 valence electrons. The van der Waals surface area contributed by atoms with Gasteiger partial charge in [-0.3, -0.25) is 9.48 Å². The average Bonchev–Trinajstić information content (AvgIpc) is 2.97. The van der Waals surface area contributed by atoms with Gasteiger partial charge in [0.25, 0.3) is 0 Å². The van der Waals surface area contributed by atoms with E-state index in [4.69, 9.17) is 0 Å². The van der Waals surface area contributed by atoms with Crippen LogP contribution in [0.4, 0.5) is 4.39 Å². The summed E-state index contributed by atoms with van der Waals surface area (Å²) in [5, 5.41) is 8.02. The molecule has 1 aliphatic carbocycles. The maximum absolute atomic E-state index is 13.8. The van der Waals surface area contributed by atoms with Gasteiger partial charge in [-0.1, -0.05) is 18.2 Å². The largest absolute Gasteiger partial charge is 0.347 e. The van der Waals surface area contributed by atoms with E-state index in [1.165, 1.54) is 11.6 Å². The summed E-state index contributed by atoms with van der Waals surface area (Å²) >= 11 is 0. The Bertz CT molecular complexity index is 726. The number of amides is 1. The summed E-state index contributed by atoms with van der Waals surface area (Å²) in [5.41, 5.74) is 2.83. The molecule has 0 bridgehead atoms. The lowest BCUT2D eigenvalue weighted by molar-refractivity contribution is -0.129. The van der Waals surface area contributed by atoms with Crippen molar-refractivity contribution in [3.8, 4) is 0 Å². The predicted molar refractivity (Wildman–Crippen MR) is 89.8 cm³/mol. The molecule has 0 unspecified atom stereocenters. The van der Waals surface area contributed by atoms with Crippen molar-refractivity contribution in [2.75, 3.05) is 14.1 Å². The Kier molecular flexibility index (Phi) is 4.94. The van der Waals surface area contributed by atoms with Gasteiger partial charge in [0.2, 0.25) is 5.91 Å². The number of hydrogen-bond donors (Lipinski definition) is 1. The van der Waals surface area contributed by atoms with Crippen LogP contribution in [0.5, 0.6) is 0 Å². The van der Waals surface area contributed by atoms with Crippen molar-refractivity contribution < 1.29 is 9.18 Å². The first kappa shape index (κ1) is 16.6. The third-order valence-electron chi connectivity index (χ3n) is 4.43. The molecule has 1 amide bonds. The van der Waals surface area contributed by atoms with Gasteiger partial charge in [-0.15, -0.1) is 0 Å². The van der Waals surface area contributed by atoms with Crippen molar-refractivity contribution >= 4 is 5.91 Å². The van der Waals surface area contributed by atoms with E-state index in [1.807, 2.05) is 12.3 Å². The fraction of sp³-hybridized carbons (Fsp3) is 0.444. The van der Waals surface area contributed by atoms with E-state index in [0.717, 1.165) is 25.0 Å². The van der Waals surface area contributed by atoms with Crippen molar-refractivity contribution in [1.82, 2.24) is 20.0 Å². The van der Waals surface area contributed by atoms with Gasteiger partial charge in [-0.2, -0.15) is 5.10 Å². The molecule has 0 radical (unpaired) electrons. The van der Waals surface area contributed by atoms with Crippen molar-refractivity contribution in [3.63, 3.8) is 0 Å². The fourth-order valence-corrected chi connectivity index (χ4v) is 3.03. The molecule has 1 aromatic carbocycles. The minimum atomic E-state index is -0.192. The second-order valence-corrected chi connectivity index (χ2v) is 6.44. The van der Waals surface area contributed by atoms with Crippen LogP contribution in [0.1, 0.15) is 35.7 Å². The van der Waals surface area contributed by atoms with Gasteiger partial charge in [0.15, 0.2) is 0 Å². The van der Waals surface area contributed by atoms with E-state index in [0.29, 0.717) is 12.1 Å². The molecule has 0 aliphatic heterocycles. The number of benzene rings is 1. The molecule has 1 N–H and O–H groups in total. The minimum Gasteiger partial charge on any atom is -0.347 e. The smallest absolute Gasteiger partial charge is 0.243 e. The zero-order valence-electron chi connectivity index (χ0n) is 14.1. The molecule has 6 heteroatoms. The third-order valence-corrected chi connectivity index (χ3v) is 4.43. The number of aromatic nitrogens is 2. The van der Waals surface area contributed by atoms with Crippen molar-refractivity contribution in [2.24, 2.45) is 0 Å². The summed E-state index contributed by atoms with van der Waals surface area (Å²) in [7, 11) is 3.48. The van der Waals surface area contributed by atoms with E-state index in [9.17, 15) is 9.18 Å². The standard InChI is InChI=1S/C18H23FN4O/c1-22(2)17(24)12-23-11-14-7-5-9-16(18(14)21-23)20-10-13-6-3-4-8-15(13)19/h3-4,6,8,11,16,20H,5,7,9-10,12H2,1-2H3/t16-/m0/s1. The lowest BCUT2D eigenvalue weighted by Crippen LogP contribution is -2.27. The van der Waals surface area contributed by atoms with Crippen LogP contribution in [0, 0.1) is 5.82 Å². The van der Waals surface area contributed by atoms with E-state index >= 15 is 0 Å². The Labute approximate surface area is 141 Å². The zero-order valence-corrected chi connectivity index (χ0v) is 14.1. The highest BCUT2D eigenvalue weighted by atomic mass is 19.1. The number of nitrogens with one attached hydrogen (secondary N) is 1. The predicted octanol–water partition coefficient (Wildman–Crippen LogP) is 2.28. The maximum Gasteiger partial charge on any atom is 0.243 e. The molecule has 0 saturated heterocycles. The minimum absolute atomic E-state index is 0.0192. The Balaban J connectivity index is 1.71. The first-order valence-electron chi connectivity index (χ1n) is 8.28. The highest BCUT2D eigenvalue weighted by Crippen LogP contribution is 2.29. The van der Waals surface area contributed by atoms with Gasteiger partial charge in [0.05, 0.1) is 11.7 Å². The van der Waals surface area contributed by atoms with Gasteiger partial charge in [-0.05, 0) is 30.9 Å². The van der Waals surface area contributed by atoms with Crippen molar-refractivity contribution in [1.29, 1.82) is 0 Å². The monoisotopic (exact) mass is 330 g/mol. The van der Waals surface area contributed by atoms with Crippen LogP contribution >= 0.6 is 0 Å². The SMILES string of the molecule is CN(C)C(=O)Cn1cc2c(n1)[C@@H](NCc1ccccc1F)CCC2. The number of nitrogens with zero attached hydrogens (tertiary/aromatic N) is 3. The number of hydrogen-bond acceptors (Lipinski definition) is 3. The summed E-state index contributed by atoms with van der Waals surface area (Å²) in [6.07, 6.45) is 4.98. The molecule has 3 rings (SSSR count). The number of aryl methyl sites for hydroxylation is 1. The Morgan fingerprint density at radius 1 is 1.42 bits per heavy atom. The van der Waals surface area contributed by atoms with Crippen molar-refractivity contribution in [3.05, 3.63) is 53.1 Å². The second kappa shape index (κ2) is 7.13. The number of fused-ring (bicyclic) bond motifs is 1. The Morgan fingerprint density at radius 3 is 2.96 bits per heavy atom. The first-order chi connectivity index (χ1) is 11.5. The van der Waals surface area contributed by atoms with E-state index in [1.54, 1.807) is 35.8 Å². The van der Waals surface area contributed by atoms with Crippen LogP contribution < -0.4 is 5.32 Å². The van der Waals surface area contributed by atoms with Gasteiger partial charge in [0.1, 0.15) is 12.4 Å². The summed E-state index contributed by atoms with van der Waals surface area (Å²) in [6.45, 7) is 0.723. The number of carbonyl (C=O) groups is 1. The summed E-state index contributed by atoms with van der Waals surface area (Å²) in [6, 6.07) is 6.91. The van der Waals surface area contributed by atoms with Crippen LogP contribution in [0.2, 0.25) is 0 Å². The molecule has 1 atom stereocenters. The lowest BCUT2D eigenvalue weighted by atomic mass is 9.93. The molecule has 1 aliphatic rings. The number of likely N-dealkylation sites (N-methyl/N-ethyl adjacent to an activating group) is 1. The molecule has 24 heavy (non-hydrogen) atoms. The van der Waals surface area contributed by atoms with E-state index in [2.05, 4.69) is 10.4 Å². The lowest BCUT2D eigenvalue weighted by Gasteiger charge is -2.22. The average molecular weight is 330 g/mol. The molecule has 0 fully saturated rings. The van der Waals surface area contributed by atoms with Gasteiger partial charge >= 0.3 is 0 Å². The molecular formula is C18H23FN4O. The quantitative estimate of drug-likeness (QED) is 0.915. The molecule has 5 nitrogen and oxygen atoms in total. The Morgan fingerprint density at radius 2 is 2.21 bits per heavy atom. The molecule has 1 heterocycles. The zero-order chi connectivity index (χ0) is 17.1. The van der Waals surface area contributed by atoms with Crippen LogP contribution in [-0.2, 0) is 24.3 Å². The van der Waals surface area contributed by atoms with Crippen LogP contribution in [0.25, 0.3) is 0 Å². The number of rotatable bonds is 5. The highest BCUT2D eigenvalue weighted by molar-refractivity contribution is 5.75. The van der Waals surface area contributed by atoms with Crippen molar-refractivity contribution in [2.45, 2.75) is 38.4 Å². The van der Waals surface area contributed by atoms with E-state index < -0.39 is 0 Å². The van der Waals surface area contributed by atoms with Gasteiger partial charge in [0, 0.05) is 32.4 Å². The van der Waals surface area contributed by atoms with Gasteiger partial charge < -0.3 is 10.2 Å².